The first kappa shape index (κ1) is 23.0. The van der Waals surface area contributed by atoms with Gasteiger partial charge in [0.1, 0.15) is 16.9 Å². The number of nitrogens with zero attached hydrogens (tertiary/aromatic N) is 3. The van der Waals surface area contributed by atoms with Gasteiger partial charge in [-0.2, -0.15) is 4.98 Å². The molecular weight excluding hydrogens is 432 g/mol. The van der Waals surface area contributed by atoms with Crippen molar-refractivity contribution in [2.75, 3.05) is 19.0 Å². The molecule has 1 N–H and O–H groups in total. The van der Waals surface area contributed by atoms with Gasteiger partial charge in [0.15, 0.2) is 11.3 Å². The van der Waals surface area contributed by atoms with Crippen molar-refractivity contribution in [1.82, 2.24) is 15.0 Å². The van der Waals surface area contributed by atoms with Crippen LogP contribution >= 0.6 is 11.6 Å². The lowest BCUT2D eigenvalue weighted by atomic mass is 10.1. The number of carbonyl (C=O) groups excluding carboxylic acids is 1. The van der Waals surface area contributed by atoms with Gasteiger partial charge in [-0.25, -0.2) is 14.8 Å². The molecule has 2 heterocycles. The number of hydrogen-bond acceptors (Lipinski definition) is 8. The summed E-state index contributed by atoms with van der Waals surface area (Å²) in [6.07, 6.45) is 1.31. The number of halogens is 1. The zero-order valence-electron chi connectivity index (χ0n) is 18.2. The number of oxazole rings is 1. The molecule has 4 rings (SSSR count). The Hall–Kier alpha value is -3.65. The Morgan fingerprint density at radius 1 is 1.12 bits per heavy atom. The van der Waals surface area contributed by atoms with Crippen LogP contribution in [0.5, 0.6) is 5.75 Å². The van der Waals surface area contributed by atoms with Crippen molar-refractivity contribution >= 4 is 40.2 Å². The fourth-order valence-electron chi connectivity index (χ4n) is 2.95. The minimum absolute atomic E-state index is 0.0142. The molecule has 0 fully saturated rings. The van der Waals surface area contributed by atoms with Crippen LogP contribution in [0, 0.1) is 0 Å². The molecule has 0 saturated carbocycles. The van der Waals surface area contributed by atoms with Gasteiger partial charge in [0, 0.05) is 6.20 Å². The minimum Gasteiger partial charge on any atom is -0.494 e. The minimum atomic E-state index is -0.564. The van der Waals surface area contributed by atoms with E-state index in [9.17, 15) is 4.79 Å². The first-order chi connectivity index (χ1) is 15.6. The van der Waals surface area contributed by atoms with Crippen molar-refractivity contribution in [1.29, 1.82) is 0 Å². The summed E-state index contributed by atoms with van der Waals surface area (Å²) in [5.41, 5.74) is 2.73. The van der Waals surface area contributed by atoms with Crippen molar-refractivity contribution in [2.24, 2.45) is 0 Å². The number of aromatic nitrogens is 3. The maximum Gasteiger partial charge on any atom is 0.343 e. The lowest BCUT2D eigenvalue weighted by molar-refractivity contribution is 0.0526. The van der Waals surface area contributed by atoms with Crippen molar-refractivity contribution in [3.05, 3.63) is 59.5 Å². The summed E-state index contributed by atoms with van der Waals surface area (Å²) >= 11 is 5.94. The van der Waals surface area contributed by atoms with Gasteiger partial charge in [-0.3, -0.25) is 0 Å². The molecule has 0 saturated heterocycles. The second kappa shape index (κ2) is 10.6. The number of ether oxygens (including phenoxy) is 2. The Morgan fingerprint density at radius 3 is 2.62 bits per heavy atom. The van der Waals surface area contributed by atoms with E-state index in [1.807, 2.05) is 50.2 Å². The average molecular weight is 455 g/mol. The number of hydrogen-bond donors (Lipinski definition) is 1. The predicted octanol–water partition coefficient (Wildman–Crippen LogP) is 5.89. The highest BCUT2D eigenvalue weighted by Gasteiger charge is 2.20. The summed E-state index contributed by atoms with van der Waals surface area (Å²) < 4.78 is 16.6. The van der Waals surface area contributed by atoms with E-state index in [2.05, 4.69) is 20.3 Å². The van der Waals surface area contributed by atoms with Gasteiger partial charge in [-0.1, -0.05) is 32.0 Å². The van der Waals surface area contributed by atoms with Gasteiger partial charge in [-0.05, 0) is 42.8 Å². The first-order valence-electron chi connectivity index (χ1n) is 10.1. The number of nitrogens with one attached hydrogen (secondary N) is 1. The van der Waals surface area contributed by atoms with Crippen LogP contribution in [-0.2, 0) is 4.74 Å². The molecule has 0 radical (unpaired) electrons. The maximum atomic E-state index is 12.3. The topological polar surface area (TPSA) is 99.4 Å². The summed E-state index contributed by atoms with van der Waals surface area (Å²) in [5.74, 6) is 0.504. The summed E-state index contributed by atoms with van der Waals surface area (Å²) in [4.78, 5) is 24.8. The smallest absolute Gasteiger partial charge is 0.343 e. The lowest BCUT2D eigenvalue weighted by Crippen LogP contribution is -2.10. The molecule has 0 unspecified atom stereocenters. The second-order valence-corrected chi connectivity index (χ2v) is 6.46. The van der Waals surface area contributed by atoms with Gasteiger partial charge in [-0.15, -0.1) is 0 Å². The van der Waals surface area contributed by atoms with Gasteiger partial charge in [0.25, 0.3) is 0 Å². The molecule has 0 aliphatic heterocycles. The third-order valence-electron chi connectivity index (χ3n) is 4.25. The van der Waals surface area contributed by atoms with Crippen LogP contribution in [0.2, 0.25) is 5.28 Å². The molecule has 2 aromatic heterocycles. The van der Waals surface area contributed by atoms with Gasteiger partial charge < -0.3 is 19.2 Å². The predicted molar refractivity (Wildman–Crippen MR) is 124 cm³/mol. The zero-order valence-corrected chi connectivity index (χ0v) is 18.9. The Labute approximate surface area is 190 Å². The molecule has 0 amide bonds. The summed E-state index contributed by atoms with van der Waals surface area (Å²) in [6, 6.07) is 12.9. The van der Waals surface area contributed by atoms with Crippen LogP contribution in [-0.4, -0.2) is 34.6 Å². The molecule has 0 aliphatic rings. The normalized spacial score (nSPS) is 10.3. The van der Waals surface area contributed by atoms with Crippen molar-refractivity contribution < 1.29 is 18.7 Å². The molecule has 32 heavy (non-hydrogen) atoms. The molecule has 2 aromatic carbocycles. The zero-order chi connectivity index (χ0) is 23.1. The van der Waals surface area contributed by atoms with Crippen molar-refractivity contribution in [3.63, 3.8) is 0 Å². The molecule has 0 aliphatic carbocycles. The molecule has 0 bridgehead atoms. The van der Waals surface area contributed by atoms with Crippen LogP contribution in [0.25, 0.3) is 22.6 Å². The van der Waals surface area contributed by atoms with Crippen LogP contribution in [0.15, 0.2) is 53.1 Å². The fourth-order valence-corrected chi connectivity index (χ4v) is 3.09. The van der Waals surface area contributed by atoms with E-state index in [1.54, 1.807) is 13.0 Å². The highest BCUT2D eigenvalue weighted by Crippen LogP contribution is 2.38. The number of anilines is 2. The molecule has 0 atom stereocenters. The van der Waals surface area contributed by atoms with Crippen LogP contribution in [0.4, 0.5) is 11.5 Å². The van der Waals surface area contributed by atoms with Crippen LogP contribution in [0.3, 0.4) is 0 Å². The van der Waals surface area contributed by atoms with E-state index < -0.39 is 5.97 Å². The third kappa shape index (κ3) is 4.81. The average Bonchev–Trinajstić information content (AvgIpc) is 3.24. The second-order valence-electron chi connectivity index (χ2n) is 6.12. The number of methoxy groups -OCH3 is 1. The number of carbonyl (C=O) groups is 1. The third-order valence-corrected chi connectivity index (χ3v) is 4.43. The molecule has 8 nitrogen and oxygen atoms in total. The van der Waals surface area contributed by atoms with E-state index in [-0.39, 0.29) is 23.3 Å². The van der Waals surface area contributed by atoms with Crippen LogP contribution in [0.1, 0.15) is 31.1 Å². The first-order valence-corrected chi connectivity index (χ1v) is 10.5. The maximum absolute atomic E-state index is 12.3. The molecular formula is C23H23ClN4O4. The Balaban J connectivity index is 0.00000141. The van der Waals surface area contributed by atoms with E-state index >= 15 is 0 Å². The Kier molecular flexibility index (Phi) is 7.62. The summed E-state index contributed by atoms with van der Waals surface area (Å²) in [6.45, 7) is 5.94. The standard InChI is InChI=1S/C21H17ClN4O4.C2H6/c1-3-29-20(27)13-11-23-21(22)26-18(13)24-15-9-6-7-12(17(15)28-2)19-25-14-8-4-5-10-16(14)30-19;1-2/h4-11H,3H2,1-2H3,(H,23,24,26);1-2H3. The number of benzene rings is 2. The highest BCUT2D eigenvalue weighted by atomic mass is 35.5. The quantitative estimate of drug-likeness (QED) is 0.284. The number of rotatable bonds is 6. The van der Waals surface area contributed by atoms with Crippen molar-refractivity contribution in [3.8, 4) is 17.2 Å². The molecule has 0 spiro atoms. The number of para-hydroxylation sites is 3. The van der Waals surface area contributed by atoms with Gasteiger partial charge >= 0.3 is 5.97 Å². The molecule has 4 aromatic rings. The molecule has 166 valence electrons. The monoisotopic (exact) mass is 454 g/mol. The van der Waals surface area contributed by atoms with Crippen molar-refractivity contribution in [2.45, 2.75) is 20.8 Å². The lowest BCUT2D eigenvalue weighted by Gasteiger charge is -2.15. The largest absolute Gasteiger partial charge is 0.494 e. The van der Waals surface area contributed by atoms with E-state index in [4.69, 9.17) is 25.5 Å². The van der Waals surface area contributed by atoms with Gasteiger partial charge in [0.05, 0.1) is 25.0 Å². The number of esters is 1. The summed E-state index contributed by atoms with van der Waals surface area (Å²) in [5, 5.41) is 3.07. The SMILES string of the molecule is CC.CCOC(=O)c1cnc(Cl)nc1Nc1cccc(-c2nc3ccccc3o2)c1OC. The highest BCUT2D eigenvalue weighted by molar-refractivity contribution is 6.28. The Morgan fingerprint density at radius 2 is 1.91 bits per heavy atom. The van der Waals surface area contributed by atoms with E-state index in [1.165, 1.54) is 13.3 Å². The van der Waals surface area contributed by atoms with E-state index in [0.717, 1.165) is 5.52 Å². The van der Waals surface area contributed by atoms with E-state index in [0.29, 0.717) is 28.5 Å². The van der Waals surface area contributed by atoms with Gasteiger partial charge in [0.2, 0.25) is 11.2 Å². The molecule has 9 heteroatoms. The summed E-state index contributed by atoms with van der Waals surface area (Å²) in [7, 11) is 1.53. The Bertz CT molecular complexity index is 1190. The fraction of sp³-hybridized carbons (Fsp3) is 0.217. The van der Waals surface area contributed by atoms with Crippen LogP contribution < -0.4 is 10.1 Å². The number of fused-ring (bicyclic) bond motifs is 1.